The molecule has 0 aliphatic carbocycles. The standard InChI is InChI=1S/C11H16ClN3OS/c1-7-4-15(5-8(2)17-7)11-9(16-3)10(12)13-6-14-11/h6-8H,4-5H2,1-3H3. The molecule has 0 N–H and O–H groups in total. The van der Waals surface area contributed by atoms with Gasteiger partial charge >= 0.3 is 0 Å². The molecule has 0 amide bonds. The Kier molecular flexibility index (Phi) is 3.99. The predicted octanol–water partition coefficient (Wildman–Crippen LogP) is 2.47. The van der Waals surface area contributed by atoms with E-state index in [9.17, 15) is 0 Å². The van der Waals surface area contributed by atoms with Crippen molar-refractivity contribution in [2.75, 3.05) is 25.1 Å². The highest BCUT2D eigenvalue weighted by Gasteiger charge is 2.26. The Morgan fingerprint density at radius 3 is 2.59 bits per heavy atom. The first-order valence-electron chi connectivity index (χ1n) is 5.56. The van der Waals surface area contributed by atoms with Gasteiger partial charge < -0.3 is 9.64 Å². The summed E-state index contributed by atoms with van der Waals surface area (Å²) in [6.45, 7) is 6.36. The third-order valence-corrected chi connectivity index (χ3v) is 4.16. The van der Waals surface area contributed by atoms with Crippen LogP contribution < -0.4 is 9.64 Å². The van der Waals surface area contributed by atoms with E-state index in [0.717, 1.165) is 18.9 Å². The van der Waals surface area contributed by atoms with Gasteiger partial charge in [-0.1, -0.05) is 25.4 Å². The zero-order valence-electron chi connectivity index (χ0n) is 10.2. The molecule has 1 aliphatic rings. The monoisotopic (exact) mass is 273 g/mol. The maximum atomic E-state index is 6.01. The van der Waals surface area contributed by atoms with Crippen LogP contribution in [0, 0.1) is 0 Å². The number of hydrogen-bond donors (Lipinski definition) is 0. The van der Waals surface area contributed by atoms with Gasteiger partial charge in [0.2, 0.25) is 0 Å². The van der Waals surface area contributed by atoms with Gasteiger partial charge in [-0.2, -0.15) is 11.8 Å². The minimum absolute atomic E-state index is 0.371. The Balaban J connectivity index is 2.30. The molecule has 4 nitrogen and oxygen atoms in total. The second-order valence-electron chi connectivity index (χ2n) is 4.18. The summed E-state index contributed by atoms with van der Waals surface area (Å²) in [5.74, 6) is 1.37. The van der Waals surface area contributed by atoms with Crippen molar-refractivity contribution < 1.29 is 4.74 Å². The second kappa shape index (κ2) is 5.31. The van der Waals surface area contributed by atoms with Gasteiger partial charge in [0.05, 0.1) is 7.11 Å². The van der Waals surface area contributed by atoms with Crippen LogP contribution in [0.3, 0.4) is 0 Å². The van der Waals surface area contributed by atoms with E-state index in [0.29, 0.717) is 21.4 Å². The van der Waals surface area contributed by atoms with Crippen LogP contribution in [0.4, 0.5) is 5.82 Å². The summed E-state index contributed by atoms with van der Waals surface area (Å²) < 4.78 is 5.29. The quantitative estimate of drug-likeness (QED) is 0.774. The maximum Gasteiger partial charge on any atom is 0.199 e. The molecule has 6 heteroatoms. The van der Waals surface area contributed by atoms with Gasteiger partial charge in [0.1, 0.15) is 6.33 Å². The highest BCUT2D eigenvalue weighted by molar-refractivity contribution is 8.00. The highest BCUT2D eigenvalue weighted by Crippen LogP contribution is 2.35. The van der Waals surface area contributed by atoms with E-state index in [1.807, 2.05) is 11.8 Å². The molecule has 2 heterocycles. The zero-order valence-corrected chi connectivity index (χ0v) is 11.8. The summed E-state index contributed by atoms with van der Waals surface area (Å²) >= 11 is 8.01. The number of aromatic nitrogens is 2. The largest absolute Gasteiger partial charge is 0.490 e. The van der Waals surface area contributed by atoms with Crippen molar-refractivity contribution in [1.82, 2.24) is 9.97 Å². The van der Waals surface area contributed by atoms with Gasteiger partial charge in [-0.15, -0.1) is 0 Å². The number of nitrogens with zero attached hydrogens (tertiary/aromatic N) is 3. The van der Waals surface area contributed by atoms with Crippen molar-refractivity contribution in [2.45, 2.75) is 24.3 Å². The van der Waals surface area contributed by atoms with Crippen molar-refractivity contribution in [1.29, 1.82) is 0 Å². The summed E-state index contributed by atoms with van der Waals surface area (Å²) in [5.41, 5.74) is 0. The molecule has 17 heavy (non-hydrogen) atoms. The molecule has 2 unspecified atom stereocenters. The number of methoxy groups -OCH3 is 1. The summed E-state index contributed by atoms with van der Waals surface area (Å²) in [6.07, 6.45) is 1.48. The molecular formula is C11H16ClN3OS. The zero-order chi connectivity index (χ0) is 12.4. The van der Waals surface area contributed by atoms with E-state index in [4.69, 9.17) is 16.3 Å². The minimum atomic E-state index is 0.371. The fourth-order valence-electron chi connectivity index (χ4n) is 2.10. The molecule has 0 saturated carbocycles. The molecule has 0 aromatic carbocycles. The Labute approximate surface area is 111 Å². The van der Waals surface area contributed by atoms with E-state index < -0.39 is 0 Å². The number of anilines is 1. The summed E-state index contributed by atoms with van der Waals surface area (Å²) in [4.78, 5) is 10.5. The molecule has 94 valence electrons. The first-order valence-corrected chi connectivity index (χ1v) is 6.88. The van der Waals surface area contributed by atoms with E-state index in [1.165, 1.54) is 6.33 Å². The van der Waals surface area contributed by atoms with E-state index in [2.05, 4.69) is 28.7 Å². The van der Waals surface area contributed by atoms with Crippen LogP contribution in [-0.4, -0.2) is 40.7 Å². The van der Waals surface area contributed by atoms with Crippen molar-refractivity contribution >= 4 is 29.2 Å². The molecule has 0 spiro atoms. The molecule has 1 aliphatic heterocycles. The smallest absolute Gasteiger partial charge is 0.199 e. The van der Waals surface area contributed by atoms with Crippen LogP contribution >= 0.6 is 23.4 Å². The van der Waals surface area contributed by atoms with Gasteiger partial charge in [-0.05, 0) is 0 Å². The lowest BCUT2D eigenvalue weighted by Crippen LogP contribution is -2.41. The number of ether oxygens (including phenoxy) is 1. The number of halogens is 1. The SMILES string of the molecule is COc1c(Cl)ncnc1N1CC(C)SC(C)C1. The molecular weight excluding hydrogens is 258 g/mol. The Hall–Kier alpha value is -0.680. The number of hydrogen-bond acceptors (Lipinski definition) is 5. The fourth-order valence-corrected chi connectivity index (χ4v) is 3.63. The van der Waals surface area contributed by atoms with Crippen molar-refractivity contribution in [3.63, 3.8) is 0 Å². The molecule has 0 bridgehead atoms. The highest BCUT2D eigenvalue weighted by atomic mass is 35.5. The third-order valence-electron chi connectivity index (χ3n) is 2.66. The van der Waals surface area contributed by atoms with Gasteiger partial charge in [0, 0.05) is 23.6 Å². The predicted molar refractivity (Wildman–Crippen MR) is 72.3 cm³/mol. The van der Waals surface area contributed by atoms with Gasteiger partial charge in [0.25, 0.3) is 0 Å². The molecule has 2 rings (SSSR count). The van der Waals surface area contributed by atoms with Crippen molar-refractivity contribution in [2.24, 2.45) is 0 Å². The molecule has 1 saturated heterocycles. The molecule has 1 aromatic rings. The Morgan fingerprint density at radius 1 is 1.35 bits per heavy atom. The van der Waals surface area contributed by atoms with Gasteiger partial charge in [-0.3, -0.25) is 0 Å². The number of thioether (sulfide) groups is 1. The topological polar surface area (TPSA) is 38.3 Å². The second-order valence-corrected chi connectivity index (χ2v) is 6.42. The van der Waals surface area contributed by atoms with Crippen LogP contribution in [0.25, 0.3) is 0 Å². The Morgan fingerprint density at radius 2 is 2.00 bits per heavy atom. The van der Waals surface area contributed by atoms with Crippen molar-refractivity contribution in [3.8, 4) is 5.75 Å². The van der Waals surface area contributed by atoms with Gasteiger partial charge in [0.15, 0.2) is 16.7 Å². The average molecular weight is 274 g/mol. The fraction of sp³-hybridized carbons (Fsp3) is 0.636. The first kappa shape index (κ1) is 12.8. The average Bonchev–Trinajstić information content (AvgIpc) is 2.27. The minimum Gasteiger partial charge on any atom is -0.490 e. The molecule has 0 radical (unpaired) electrons. The summed E-state index contributed by atoms with van der Waals surface area (Å²) in [6, 6.07) is 0. The van der Waals surface area contributed by atoms with Crippen LogP contribution in [-0.2, 0) is 0 Å². The van der Waals surface area contributed by atoms with Crippen LogP contribution in [0.15, 0.2) is 6.33 Å². The van der Waals surface area contributed by atoms with Crippen molar-refractivity contribution in [3.05, 3.63) is 11.5 Å². The lowest BCUT2D eigenvalue weighted by molar-refractivity contribution is 0.410. The van der Waals surface area contributed by atoms with E-state index in [1.54, 1.807) is 7.11 Å². The lowest BCUT2D eigenvalue weighted by Gasteiger charge is -2.35. The Bertz CT molecular complexity index is 394. The normalized spacial score (nSPS) is 24.8. The van der Waals surface area contributed by atoms with Gasteiger partial charge in [-0.25, -0.2) is 9.97 Å². The lowest BCUT2D eigenvalue weighted by atomic mass is 10.3. The molecule has 1 fully saturated rings. The van der Waals surface area contributed by atoms with Crippen LogP contribution in [0.1, 0.15) is 13.8 Å². The third kappa shape index (κ3) is 2.77. The van der Waals surface area contributed by atoms with E-state index >= 15 is 0 Å². The number of rotatable bonds is 2. The van der Waals surface area contributed by atoms with Crippen LogP contribution in [0.5, 0.6) is 5.75 Å². The summed E-state index contributed by atoms with van der Waals surface area (Å²) in [7, 11) is 1.60. The first-order chi connectivity index (χ1) is 8.11. The molecule has 2 atom stereocenters. The maximum absolute atomic E-state index is 6.01. The van der Waals surface area contributed by atoms with Crippen LogP contribution in [0.2, 0.25) is 5.15 Å². The molecule has 1 aromatic heterocycles. The van der Waals surface area contributed by atoms with E-state index in [-0.39, 0.29) is 0 Å². The summed E-state index contributed by atoms with van der Waals surface area (Å²) in [5, 5.41) is 1.53.